The first kappa shape index (κ1) is 46.3. The Morgan fingerprint density at radius 2 is 1.77 bits per heavy atom. The summed E-state index contributed by atoms with van der Waals surface area (Å²) in [5.74, 6) is -0.424. The first-order valence-corrected chi connectivity index (χ1v) is 23.9. The lowest BCUT2D eigenvalue weighted by Crippen LogP contribution is -2.49. The molecule has 0 bridgehead atoms. The molecular weight excluding hydrogens is 892 g/mol. The molecule has 3 aliphatic rings. The number of nitrogens with one attached hydrogen (secondary N) is 2. The third kappa shape index (κ3) is 11.4. The zero-order valence-electron chi connectivity index (χ0n) is 37.0. The highest BCUT2D eigenvalue weighted by Gasteiger charge is 2.31. The van der Waals surface area contributed by atoms with E-state index in [1.807, 2.05) is 32.3 Å². The maximum Gasteiger partial charge on any atom is 0.268 e. The highest BCUT2D eigenvalue weighted by molar-refractivity contribution is 7.90. The van der Waals surface area contributed by atoms with Gasteiger partial charge >= 0.3 is 0 Å². The molecule has 8 rings (SSSR count). The monoisotopic (exact) mass is 944 g/mol. The lowest BCUT2D eigenvalue weighted by atomic mass is 9.72. The Labute approximate surface area is 389 Å². The number of allylic oxidation sites excluding steroid dienone is 1. The molecule has 2 saturated heterocycles. The topological polar surface area (TPSA) is 163 Å². The molecule has 18 heteroatoms. The Balaban J connectivity index is 0.956. The number of pyridine rings is 2. The Kier molecular flexibility index (Phi) is 14.0. The number of nitrogens with zero attached hydrogens (tertiary/aromatic N) is 6. The molecule has 2 fully saturated rings. The number of hydrogen-bond donors (Lipinski definition) is 2. The average molecular weight is 946 g/mol. The van der Waals surface area contributed by atoms with E-state index in [4.69, 9.17) is 37.4 Å². The number of aromatic amines is 1. The minimum Gasteiger partial charge on any atom is -0.474 e. The van der Waals surface area contributed by atoms with Crippen LogP contribution in [-0.4, -0.2) is 136 Å². The normalized spacial score (nSPS) is 18.3. The highest BCUT2D eigenvalue weighted by Crippen LogP contribution is 2.43. The van der Waals surface area contributed by atoms with Crippen molar-refractivity contribution in [1.82, 2.24) is 34.4 Å². The zero-order chi connectivity index (χ0) is 45.9. The number of amides is 2. The third-order valence-corrected chi connectivity index (χ3v) is 13.8. The Bertz CT molecular complexity index is 2680. The molecule has 15 nitrogen and oxygen atoms in total. The molecule has 5 heterocycles. The van der Waals surface area contributed by atoms with Crippen molar-refractivity contribution in [1.29, 1.82) is 0 Å². The van der Waals surface area contributed by atoms with Crippen LogP contribution in [0.3, 0.4) is 0 Å². The lowest BCUT2D eigenvalue weighted by molar-refractivity contribution is -0.140. The fraction of sp³-hybridized carbons (Fsp3) is 0.404. The number of piperazine rings is 1. The number of sulfonamides is 1. The number of aromatic nitrogens is 3. The fourth-order valence-electron chi connectivity index (χ4n) is 8.47. The molecule has 0 unspecified atom stereocenters. The van der Waals surface area contributed by atoms with Gasteiger partial charge in [-0.25, -0.2) is 23.1 Å². The number of anilines is 1. The molecule has 0 saturated carbocycles. The van der Waals surface area contributed by atoms with Gasteiger partial charge in [-0.3, -0.25) is 14.5 Å². The van der Waals surface area contributed by atoms with E-state index in [1.165, 1.54) is 16.7 Å². The summed E-state index contributed by atoms with van der Waals surface area (Å²) in [6.45, 7) is 10.2. The smallest absolute Gasteiger partial charge is 0.268 e. The van der Waals surface area contributed by atoms with E-state index >= 15 is 0 Å². The van der Waals surface area contributed by atoms with Crippen LogP contribution in [0.25, 0.3) is 16.6 Å². The van der Waals surface area contributed by atoms with Crippen molar-refractivity contribution in [3.63, 3.8) is 0 Å². The molecule has 1 atom stereocenters. The second-order valence-electron chi connectivity index (χ2n) is 17.8. The maximum absolute atomic E-state index is 13.9. The minimum absolute atomic E-state index is 0.00314. The van der Waals surface area contributed by atoms with Crippen LogP contribution in [0.4, 0.5) is 5.69 Å². The standard InChI is InChI=1S/C47H54Cl2N8O7S/c1-47(2)13-11-33(40(24-47)31-5-7-34(48)8-6-31)27-55-15-17-56(18-16-55)35-9-10-39(42(22-35)64-36-21-32-12-14-50-44(32)51-25-36)45(59)53-65(60,61)38-23-41(49)46(52-26-38)63-30-37-28-57(19-20-62-37)43(58)29-54(3)4/h5-10,12,14,21-23,25-26,37H,11,13,15-20,24,27-30H2,1-4H3,(H,50,51)(H,53,59)/t37-/m0/s1. The number of fused-ring (bicyclic) bond motifs is 1. The largest absolute Gasteiger partial charge is 0.474 e. The van der Waals surface area contributed by atoms with Gasteiger partial charge in [0.05, 0.1) is 37.7 Å². The third-order valence-electron chi connectivity index (χ3n) is 12.0. The molecule has 65 heavy (non-hydrogen) atoms. The van der Waals surface area contributed by atoms with Crippen molar-refractivity contribution < 1.29 is 32.2 Å². The number of carbonyl (C=O) groups excluding carboxylic acids is 2. The van der Waals surface area contributed by atoms with Crippen LogP contribution in [-0.2, 0) is 19.6 Å². The number of morpholine rings is 1. The van der Waals surface area contributed by atoms with Crippen molar-refractivity contribution in [2.24, 2.45) is 5.41 Å². The van der Waals surface area contributed by atoms with E-state index in [9.17, 15) is 18.0 Å². The molecular formula is C47H54Cl2N8O7S. The SMILES string of the molecule is CN(C)CC(=O)N1CCO[C@H](COc2ncc(S(=O)(=O)NC(=O)c3ccc(N4CCN(CC5=C(c6ccc(Cl)cc6)CC(C)(C)CC5)CC4)cc3Oc3cnc4[nH]ccc4c3)cc2Cl)C1. The first-order valence-electron chi connectivity index (χ1n) is 21.7. The van der Waals surface area contributed by atoms with Crippen molar-refractivity contribution in [2.45, 2.75) is 44.1 Å². The molecule has 3 aromatic heterocycles. The fourth-order valence-corrected chi connectivity index (χ4v) is 9.81. The summed E-state index contributed by atoms with van der Waals surface area (Å²) in [4.78, 5) is 46.1. The molecule has 2 N–H and O–H groups in total. The van der Waals surface area contributed by atoms with E-state index in [0.717, 1.165) is 80.3 Å². The van der Waals surface area contributed by atoms with Crippen LogP contribution in [0.1, 0.15) is 49.0 Å². The summed E-state index contributed by atoms with van der Waals surface area (Å²) in [6, 6.07) is 18.1. The summed E-state index contributed by atoms with van der Waals surface area (Å²) in [5, 5.41) is 1.45. The van der Waals surface area contributed by atoms with Gasteiger partial charge in [0.15, 0.2) is 0 Å². The van der Waals surface area contributed by atoms with Gasteiger partial charge in [-0.05, 0) is 92.4 Å². The van der Waals surface area contributed by atoms with Crippen molar-refractivity contribution in [2.75, 3.05) is 84.6 Å². The summed E-state index contributed by atoms with van der Waals surface area (Å²) >= 11 is 12.7. The van der Waals surface area contributed by atoms with Gasteiger partial charge in [0.25, 0.3) is 15.9 Å². The van der Waals surface area contributed by atoms with Crippen LogP contribution in [0.5, 0.6) is 17.4 Å². The average Bonchev–Trinajstić information content (AvgIpc) is 3.75. The number of ether oxygens (including phenoxy) is 3. The number of H-pyrrole nitrogens is 1. The van der Waals surface area contributed by atoms with Crippen molar-refractivity contribution >= 4 is 67.3 Å². The van der Waals surface area contributed by atoms with Crippen LogP contribution in [0.2, 0.25) is 10.0 Å². The van der Waals surface area contributed by atoms with Crippen LogP contribution >= 0.6 is 23.2 Å². The second-order valence-corrected chi connectivity index (χ2v) is 20.4. The summed E-state index contributed by atoms with van der Waals surface area (Å²) in [5.41, 5.74) is 5.85. The van der Waals surface area contributed by atoms with Gasteiger partial charge < -0.3 is 33.9 Å². The van der Waals surface area contributed by atoms with E-state index in [2.05, 4.69) is 55.5 Å². The maximum atomic E-state index is 13.9. The lowest BCUT2D eigenvalue weighted by Gasteiger charge is -2.39. The molecule has 0 spiro atoms. The van der Waals surface area contributed by atoms with Crippen molar-refractivity contribution in [3.8, 4) is 17.4 Å². The van der Waals surface area contributed by atoms with E-state index in [1.54, 1.807) is 46.5 Å². The molecule has 5 aromatic rings. The second kappa shape index (κ2) is 19.7. The summed E-state index contributed by atoms with van der Waals surface area (Å²) in [6.07, 6.45) is 7.15. The molecule has 0 radical (unpaired) electrons. The minimum atomic E-state index is -4.47. The van der Waals surface area contributed by atoms with Crippen molar-refractivity contribution in [3.05, 3.63) is 106 Å². The Morgan fingerprint density at radius 3 is 2.52 bits per heavy atom. The summed E-state index contributed by atoms with van der Waals surface area (Å²) < 4.78 is 47.4. The van der Waals surface area contributed by atoms with Gasteiger partial charge in [0.1, 0.15) is 39.8 Å². The molecule has 2 aromatic carbocycles. The van der Waals surface area contributed by atoms with Gasteiger partial charge in [0, 0.05) is 67.6 Å². The number of hydrogen-bond acceptors (Lipinski definition) is 12. The molecule has 2 aliphatic heterocycles. The predicted molar refractivity (Wildman–Crippen MR) is 252 cm³/mol. The quantitative estimate of drug-likeness (QED) is 0.116. The number of carbonyl (C=O) groups is 2. The Morgan fingerprint density at radius 1 is 0.985 bits per heavy atom. The molecule has 2 amide bonds. The van der Waals surface area contributed by atoms with Gasteiger partial charge in [-0.2, -0.15) is 0 Å². The van der Waals surface area contributed by atoms with E-state index < -0.39 is 22.0 Å². The number of halogens is 2. The van der Waals surface area contributed by atoms with Gasteiger partial charge in [0.2, 0.25) is 11.8 Å². The van der Waals surface area contributed by atoms with Gasteiger partial charge in [-0.15, -0.1) is 0 Å². The number of likely N-dealkylation sites (N-methyl/N-ethyl adjacent to an activating group) is 1. The molecule has 1 aliphatic carbocycles. The number of benzene rings is 2. The Hall–Kier alpha value is -5.23. The highest BCUT2D eigenvalue weighted by atomic mass is 35.5. The van der Waals surface area contributed by atoms with Crippen LogP contribution < -0.4 is 19.1 Å². The van der Waals surface area contributed by atoms with Gasteiger partial charge in [-0.1, -0.05) is 54.8 Å². The van der Waals surface area contributed by atoms with E-state index in [-0.39, 0.29) is 51.6 Å². The predicted octanol–water partition coefficient (Wildman–Crippen LogP) is 7.13. The van der Waals surface area contributed by atoms with Crippen LogP contribution in [0.15, 0.2) is 89.7 Å². The first-order chi connectivity index (χ1) is 31.1. The zero-order valence-corrected chi connectivity index (χ0v) is 39.3. The van der Waals surface area contributed by atoms with E-state index in [0.29, 0.717) is 31.1 Å². The molecule has 344 valence electrons. The van der Waals surface area contributed by atoms with Crippen LogP contribution in [0, 0.1) is 5.41 Å². The summed E-state index contributed by atoms with van der Waals surface area (Å²) in [7, 11) is -0.817. The number of rotatable bonds is 14.